The second kappa shape index (κ2) is 6.25. The summed E-state index contributed by atoms with van der Waals surface area (Å²) in [5.41, 5.74) is 1.96. The van der Waals surface area contributed by atoms with Crippen LogP contribution in [0.2, 0.25) is 0 Å². The van der Waals surface area contributed by atoms with Crippen molar-refractivity contribution in [1.29, 1.82) is 0 Å². The van der Waals surface area contributed by atoms with Crippen LogP contribution in [0.15, 0.2) is 35.6 Å². The van der Waals surface area contributed by atoms with Crippen molar-refractivity contribution in [3.8, 4) is 0 Å². The van der Waals surface area contributed by atoms with E-state index in [-0.39, 0.29) is 11.9 Å². The molecular weight excluding hydrogens is 310 g/mol. The van der Waals surface area contributed by atoms with E-state index in [1.165, 1.54) is 0 Å². The lowest BCUT2D eigenvalue weighted by atomic mass is 10.2. The highest BCUT2D eigenvalue weighted by atomic mass is 32.2. The van der Waals surface area contributed by atoms with E-state index in [0.717, 1.165) is 53.4 Å². The summed E-state index contributed by atoms with van der Waals surface area (Å²) in [6, 6.07) is 4.27. The van der Waals surface area contributed by atoms with Crippen LogP contribution in [-0.4, -0.2) is 47.3 Å². The van der Waals surface area contributed by atoms with Crippen LogP contribution >= 0.6 is 11.8 Å². The smallest absolute Gasteiger partial charge is 0.259 e. The highest BCUT2D eigenvalue weighted by Gasteiger charge is 2.23. The van der Waals surface area contributed by atoms with Gasteiger partial charge in [0.25, 0.3) is 5.91 Å². The zero-order valence-corrected chi connectivity index (χ0v) is 13.5. The number of pyridine rings is 1. The standard InChI is InChI=1S/C16H19N5OS/c22-16(20-11-1-4-17-9-11)14-10-21(7-8-23-14)13-3-6-19-15-12(13)2-5-18-15/h2-3,5-6,10-11,17H,1,4,7-9H2,(H,18,19)(H,20,22). The van der Waals surface area contributed by atoms with Gasteiger partial charge in [0.05, 0.1) is 10.6 Å². The van der Waals surface area contributed by atoms with Gasteiger partial charge in [0.1, 0.15) is 5.65 Å². The Bertz CT molecular complexity index is 750. The third kappa shape index (κ3) is 2.94. The number of rotatable bonds is 3. The summed E-state index contributed by atoms with van der Waals surface area (Å²) in [7, 11) is 0. The quantitative estimate of drug-likeness (QED) is 0.795. The number of thioether (sulfide) groups is 1. The first-order valence-corrected chi connectivity index (χ1v) is 8.85. The molecule has 4 rings (SSSR count). The van der Waals surface area contributed by atoms with E-state index in [1.807, 2.05) is 24.5 Å². The van der Waals surface area contributed by atoms with E-state index in [4.69, 9.17) is 0 Å². The Morgan fingerprint density at radius 1 is 1.43 bits per heavy atom. The SMILES string of the molecule is O=C(NC1CCNC1)C1=CN(c2ccnc3[nH]ccc23)CCS1. The number of H-pyrrole nitrogens is 1. The number of carbonyl (C=O) groups is 1. The van der Waals surface area contributed by atoms with E-state index >= 15 is 0 Å². The molecule has 1 saturated heterocycles. The molecule has 2 aliphatic rings. The van der Waals surface area contributed by atoms with Crippen LogP contribution < -0.4 is 15.5 Å². The van der Waals surface area contributed by atoms with Gasteiger partial charge in [-0.15, -0.1) is 11.8 Å². The molecule has 3 N–H and O–H groups in total. The van der Waals surface area contributed by atoms with Crippen molar-refractivity contribution in [3.05, 3.63) is 35.6 Å². The second-order valence-corrected chi connectivity index (χ2v) is 6.91. The Morgan fingerprint density at radius 3 is 3.26 bits per heavy atom. The number of amides is 1. The van der Waals surface area contributed by atoms with Crippen molar-refractivity contribution >= 4 is 34.4 Å². The molecule has 0 aromatic carbocycles. The number of hydrogen-bond acceptors (Lipinski definition) is 5. The van der Waals surface area contributed by atoms with Crippen molar-refractivity contribution in [1.82, 2.24) is 20.6 Å². The molecule has 0 saturated carbocycles. The lowest BCUT2D eigenvalue weighted by molar-refractivity contribution is -0.117. The number of hydrogen-bond donors (Lipinski definition) is 3. The van der Waals surface area contributed by atoms with Crippen LogP contribution in [0.3, 0.4) is 0 Å². The highest BCUT2D eigenvalue weighted by molar-refractivity contribution is 8.04. The van der Waals surface area contributed by atoms with E-state index < -0.39 is 0 Å². The fraction of sp³-hybridized carbons (Fsp3) is 0.375. The van der Waals surface area contributed by atoms with Gasteiger partial charge in [0, 0.05) is 48.9 Å². The zero-order chi connectivity index (χ0) is 15.6. The molecule has 23 heavy (non-hydrogen) atoms. The Hall–Kier alpha value is -1.99. The first-order chi connectivity index (χ1) is 11.3. The Labute approximate surface area is 138 Å². The van der Waals surface area contributed by atoms with E-state index in [9.17, 15) is 4.79 Å². The van der Waals surface area contributed by atoms with Crippen molar-refractivity contribution in [3.63, 3.8) is 0 Å². The number of nitrogens with zero attached hydrogens (tertiary/aromatic N) is 2. The predicted octanol–water partition coefficient (Wildman–Crippen LogP) is 1.44. The van der Waals surface area contributed by atoms with E-state index in [0.29, 0.717) is 0 Å². The topological polar surface area (TPSA) is 73.1 Å². The third-order valence-electron chi connectivity index (χ3n) is 4.23. The van der Waals surface area contributed by atoms with Gasteiger partial charge < -0.3 is 20.5 Å². The first-order valence-electron chi connectivity index (χ1n) is 7.86. The summed E-state index contributed by atoms with van der Waals surface area (Å²) in [4.78, 5) is 22.9. The molecule has 2 aromatic rings. The van der Waals surface area contributed by atoms with Crippen molar-refractivity contribution < 1.29 is 4.79 Å². The van der Waals surface area contributed by atoms with Gasteiger partial charge in [0.2, 0.25) is 0 Å². The molecule has 6 nitrogen and oxygen atoms in total. The molecule has 0 bridgehead atoms. The molecule has 2 aromatic heterocycles. The maximum Gasteiger partial charge on any atom is 0.259 e. The molecule has 0 radical (unpaired) electrons. The molecule has 2 aliphatic heterocycles. The highest BCUT2D eigenvalue weighted by Crippen LogP contribution is 2.30. The van der Waals surface area contributed by atoms with Crippen molar-refractivity contribution in [2.75, 3.05) is 30.3 Å². The summed E-state index contributed by atoms with van der Waals surface area (Å²) in [5.74, 6) is 0.934. The zero-order valence-electron chi connectivity index (χ0n) is 12.7. The summed E-state index contributed by atoms with van der Waals surface area (Å²) in [6.07, 6.45) is 6.66. The molecule has 4 heterocycles. The number of fused-ring (bicyclic) bond motifs is 1. The van der Waals surface area contributed by atoms with Crippen LogP contribution in [0.5, 0.6) is 0 Å². The van der Waals surface area contributed by atoms with Crippen LogP contribution in [0, 0.1) is 0 Å². The second-order valence-electron chi connectivity index (χ2n) is 5.77. The number of carbonyl (C=O) groups excluding carboxylic acids is 1. The van der Waals surface area contributed by atoms with Crippen LogP contribution in [-0.2, 0) is 4.79 Å². The van der Waals surface area contributed by atoms with Gasteiger partial charge in [0.15, 0.2) is 0 Å². The lowest BCUT2D eigenvalue weighted by Gasteiger charge is -2.27. The predicted molar refractivity (Wildman–Crippen MR) is 93.4 cm³/mol. The molecule has 1 unspecified atom stereocenters. The summed E-state index contributed by atoms with van der Waals surface area (Å²) in [5, 5.41) is 7.47. The number of aromatic nitrogens is 2. The Balaban J connectivity index is 1.57. The lowest BCUT2D eigenvalue weighted by Crippen LogP contribution is -2.38. The largest absolute Gasteiger partial charge is 0.347 e. The molecule has 1 atom stereocenters. The minimum atomic E-state index is 0.0350. The summed E-state index contributed by atoms with van der Waals surface area (Å²) >= 11 is 1.62. The van der Waals surface area contributed by atoms with Crippen LogP contribution in [0.25, 0.3) is 11.0 Å². The van der Waals surface area contributed by atoms with Gasteiger partial charge >= 0.3 is 0 Å². The molecule has 1 fully saturated rings. The fourth-order valence-corrected chi connectivity index (χ4v) is 3.94. The fourth-order valence-electron chi connectivity index (χ4n) is 3.04. The maximum atomic E-state index is 12.5. The molecule has 1 amide bonds. The normalized spacial score (nSPS) is 21.5. The number of nitrogens with one attached hydrogen (secondary N) is 3. The molecule has 120 valence electrons. The molecule has 7 heteroatoms. The maximum absolute atomic E-state index is 12.5. The number of aromatic amines is 1. The molecule has 0 aliphatic carbocycles. The number of anilines is 1. The minimum Gasteiger partial charge on any atom is -0.347 e. The third-order valence-corrected chi connectivity index (χ3v) is 5.22. The van der Waals surface area contributed by atoms with E-state index in [1.54, 1.807) is 18.0 Å². The minimum absolute atomic E-state index is 0.0350. The average molecular weight is 329 g/mol. The van der Waals surface area contributed by atoms with Crippen LogP contribution in [0.4, 0.5) is 5.69 Å². The summed E-state index contributed by atoms with van der Waals surface area (Å²) in [6.45, 7) is 2.73. The summed E-state index contributed by atoms with van der Waals surface area (Å²) < 4.78 is 0. The molecule has 0 spiro atoms. The van der Waals surface area contributed by atoms with E-state index in [2.05, 4.69) is 25.5 Å². The average Bonchev–Trinajstić information content (AvgIpc) is 3.25. The first kappa shape index (κ1) is 14.6. The van der Waals surface area contributed by atoms with Gasteiger partial charge in [-0.2, -0.15) is 0 Å². The van der Waals surface area contributed by atoms with Gasteiger partial charge in [-0.1, -0.05) is 0 Å². The van der Waals surface area contributed by atoms with Gasteiger partial charge in [-0.25, -0.2) is 4.98 Å². The Kier molecular flexibility index (Phi) is 3.97. The van der Waals surface area contributed by atoms with Gasteiger partial charge in [-0.05, 0) is 25.1 Å². The van der Waals surface area contributed by atoms with Crippen molar-refractivity contribution in [2.24, 2.45) is 0 Å². The Morgan fingerprint density at radius 2 is 2.39 bits per heavy atom. The monoisotopic (exact) mass is 329 g/mol. The van der Waals surface area contributed by atoms with Gasteiger partial charge in [-0.3, -0.25) is 4.79 Å². The van der Waals surface area contributed by atoms with Crippen LogP contribution in [0.1, 0.15) is 6.42 Å². The molecular formula is C16H19N5OS. The van der Waals surface area contributed by atoms with Crippen molar-refractivity contribution in [2.45, 2.75) is 12.5 Å².